The van der Waals surface area contributed by atoms with Crippen LogP contribution >= 0.6 is 0 Å². The summed E-state index contributed by atoms with van der Waals surface area (Å²) in [6.45, 7) is 3.85. The molecule has 0 aliphatic carbocycles. The molecule has 3 rings (SSSR count). The summed E-state index contributed by atoms with van der Waals surface area (Å²) in [6, 6.07) is 9.53. The number of carbonyl (C=O) groups excluding carboxylic acids is 2. The van der Waals surface area contributed by atoms with Crippen molar-refractivity contribution in [1.29, 1.82) is 0 Å². The second-order valence-corrected chi connectivity index (χ2v) is 6.30. The van der Waals surface area contributed by atoms with Crippen LogP contribution in [-0.4, -0.2) is 44.1 Å². The summed E-state index contributed by atoms with van der Waals surface area (Å²) in [5, 5.41) is 2.86. The van der Waals surface area contributed by atoms with Crippen LogP contribution in [0.1, 0.15) is 27.4 Å². The molecule has 0 radical (unpaired) electrons. The van der Waals surface area contributed by atoms with Gasteiger partial charge in [-0.15, -0.1) is 0 Å². The van der Waals surface area contributed by atoms with Crippen molar-refractivity contribution in [2.24, 2.45) is 0 Å². The summed E-state index contributed by atoms with van der Waals surface area (Å²) >= 11 is 0. The number of aryl methyl sites for hydroxylation is 1. The minimum Gasteiger partial charge on any atom is -0.465 e. The monoisotopic (exact) mass is 357 g/mol. The highest BCUT2D eigenvalue weighted by atomic mass is 16.5. The molecule has 1 aromatic heterocycles. The van der Waals surface area contributed by atoms with E-state index in [0.29, 0.717) is 30.2 Å². The van der Waals surface area contributed by atoms with E-state index in [1.807, 2.05) is 25.2 Å². The van der Waals surface area contributed by atoms with Crippen LogP contribution in [0.15, 0.2) is 34.7 Å². The number of furan rings is 1. The molecule has 1 aliphatic rings. The molecule has 0 fully saturated rings. The van der Waals surface area contributed by atoms with E-state index in [-0.39, 0.29) is 12.6 Å². The van der Waals surface area contributed by atoms with Gasteiger partial charge in [-0.25, -0.2) is 9.59 Å². The molecular formula is C19H23N3O4. The predicted octanol–water partition coefficient (Wildman–Crippen LogP) is 2.54. The number of ether oxygens (including phenoxy) is 1. The third-order valence-electron chi connectivity index (χ3n) is 4.54. The highest BCUT2D eigenvalue weighted by Gasteiger charge is 2.21. The van der Waals surface area contributed by atoms with E-state index in [1.165, 1.54) is 7.11 Å². The largest absolute Gasteiger partial charge is 0.465 e. The van der Waals surface area contributed by atoms with Gasteiger partial charge >= 0.3 is 12.0 Å². The Morgan fingerprint density at radius 2 is 2.04 bits per heavy atom. The van der Waals surface area contributed by atoms with E-state index in [2.05, 4.69) is 16.3 Å². The SMILES string of the molecule is COC(=O)c1cc(CNC(=O)N2CCN(C)c3ccccc3C2)oc1C. The van der Waals surface area contributed by atoms with Gasteiger partial charge < -0.3 is 24.3 Å². The topological polar surface area (TPSA) is 75.0 Å². The molecule has 0 bridgehead atoms. The minimum atomic E-state index is -0.448. The summed E-state index contributed by atoms with van der Waals surface area (Å²) in [4.78, 5) is 28.2. The van der Waals surface area contributed by atoms with Gasteiger partial charge in [0.05, 0.1) is 13.7 Å². The molecule has 138 valence electrons. The molecule has 2 heterocycles. The summed E-state index contributed by atoms with van der Waals surface area (Å²) in [5.74, 6) is 0.547. The molecule has 0 unspecified atom stereocenters. The summed E-state index contributed by atoms with van der Waals surface area (Å²) in [6.07, 6.45) is 0. The molecular weight excluding hydrogens is 334 g/mol. The minimum absolute atomic E-state index is 0.163. The van der Waals surface area contributed by atoms with Gasteiger partial charge in [-0.1, -0.05) is 18.2 Å². The maximum Gasteiger partial charge on any atom is 0.341 e. The lowest BCUT2D eigenvalue weighted by atomic mass is 10.1. The van der Waals surface area contributed by atoms with Crippen LogP contribution < -0.4 is 10.2 Å². The number of fused-ring (bicyclic) bond motifs is 1. The van der Waals surface area contributed by atoms with Gasteiger partial charge in [0.25, 0.3) is 0 Å². The Bertz CT molecular complexity index is 815. The number of methoxy groups -OCH3 is 1. The van der Waals surface area contributed by atoms with Gasteiger partial charge in [0.1, 0.15) is 17.1 Å². The first-order chi connectivity index (χ1) is 12.5. The van der Waals surface area contributed by atoms with E-state index in [9.17, 15) is 9.59 Å². The molecule has 1 N–H and O–H groups in total. The Labute approximate surface area is 152 Å². The van der Waals surface area contributed by atoms with Crippen LogP contribution in [0.4, 0.5) is 10.5 Å². The van der Waals surface area contributed by atoms with Crippen molar-refractivity contribution >= 4 is 17.7 Å². The number of esters is 1. The summed E-state index contributed by atoms with van der Waals surface area (Å²) in [7, 11) is 3.35. The Kier molecular flexibility index (Phi) is 5.16. The second kappa shape index (κ2) is 7.51. The molecule has 2 amide bonds. The third kappa shape index (κ3) is 3.66. The number of nitrogens with one attached hydrogen (secondary N) is 1. The van der Waals surface area contributed by atoms with Gasteiger partial charge in [0.15, 0.2) is 0 Å². The fourth-order valence-corrected chi connectivity index (χ4v) is 3.08. The number of amides is 2. The van der Waals surface area contributed by atoms with Crippen LogP contribution in [0.3, 0.4) is 0 Å². The standard InChI is InChI=1S/C19H23N3O4/c1-13-16(18(23)25-3)10-15(26-13)11-20-19(24)22-9-8-21(2)17-7-5-4-6-14(17)12-22/h4-7,10H,8-9,11-12H2,1-3H3,(H,20,24). The van der Waals surface area contributed by atoms with Crippen molar-refractivity contribution in [3.05, 3.63) is 53.0 Å². The number of anilines is 1. The zero-order valence-electron chi connectivity index (χ0n) is 15.2. The molecule has 1 aromatic carbocycles. The number of hydrogen-bond acceptors (Lipinski definition) is 5. The van der Waals surface area contributed by atoms with Crippen molar-refractivity contribution in [2.75, 3.05) is 32.1 Å². The molecule has 7 heteroatoms. The zero-order chi connectivity index (χ0) is 18.7. The van der Waals surface area contributed by atoms with Crippen LogP contribution in [0, 0.1) is 6.92 Å². The lowest BCUT2D eigenvalue weighted by Gasteiger charge is -2.21. The first-order valence-corrected chi connectivity index (χ1v) is 8.49. The number of nitrogens with zero attached hydrogens (tertiary/aromatic N) is 2. The maximum atomic E-state index is 12.6. The first kappa shape index (κ1) is 17.8. The fraction of sp³-hybridized carbons (Fsp3) is 0.368. The van der Waals surface area contributed by atoms with Crippen molar-refractivity contribution in [3.8, 4) is 0 Å². The number of para-hydroxylation sites is 1. The molecule has 1 aliphatic heterocycles. The molecule has 2 aromatic rings. The highest BCUT2D eigenvalue weighted by molar-refractivity contribution is 5.90. The molecule has 0 saturated carbocycles. The van der Waals surface area contributed by atoms with E-state index >= 15 is 0 Å². The second-order valence-electron chi connectivity index (χ2n) is 6.30. The van der Waals surface area contributed by atoms with Gasteiger partial charge in [-0.3, -0.25) is 0 Å². The lowest BCUT2D eigenvalue weighted by molar-refractivity contribution is 0.0598. The number of hydrogen-bond donors (Lipinski definition) is 1. The maximum absolute atomic E-state index is 12.6. The molecule has 26 heavy (non-hydrogen) atoms. The molecule has 0 spiro atoms. The van der Waals surface area contributed by atoms with E-state index in [1.54, 1.807) is 17.9 Å². The summed E-state index contributed by atoms with van der Waals surface area (Å²) in [5.41, 5.74) is 2.64. The van der Waals surface area contributed by atoms with Crippen molar-refractivity contribution in [3.63, 3.8) is 0 Å². The van der Waals surface area contributed by atoms with Gasteiger partial charge in [0, 0.05) is 32.4 Å². The fourth-order valence-electron chi connectivity index (χ4n) is 3.08. The van der Waals surface area contributed by atoms with Gasteiger partial charge in [-0.05, 0) is 24.6 Å². The smallest absolute Gasteiger partial charge is 0.341 e. The number of likely N-dealkylation sites (N-methyl/N-ethyl adjacent to an activating group) is 1. The third-order valence-corrected chi connectivity index (χ3v) is 4.54. The Balaban J connectivity index is 1.65. The highest BCUT2D eigenvalue weighted by Crippen LogP contribution is 2.23. The van der Waals surface area contributed by atoms with E-state index in [0.717, 1.165) is 17.8 Å². The molecule has 0 saturated heterocycles. The van der Waals surface area contributed by atoms with Crippen molar-refractivity contribution < 1.29 is 18.7 Å². The predicted molar refractivity (Wildman–Crippen MR) is 97.1 cm³/mol. The number of rotatable bonds is 3. The Hall–Kier alpha value is -2.96. The molecule has 7 nitrogen and oxygen atoms in total. The summed E-state index contributed by atoms with van der Waals surface area (Å²) < 4.78 is 10.2. The number of urea groups is 1. The van der Waals surface area contributed by atoms with Crippen LogP contribution in [0.2, 0.25) is 0 Å². The van der Waals surface area contributed by atoms with E-state index in [4.69, 9.17) is 9.15 Å². The van der Waals surface area contributed by atoms with Crippen molar-refractivity contribution in [2.45, 2.75) is 20.0 Å². The zero-order valence-corrected chi connectivity index (χ0v) is 15.2. The van der Waals surface area contributed by atoms with Crippen molar-refractivity contribution in [1.82, 2.24) is 10.2 Å². The number of benzene rings is 1. The number of carbonyl (C=O) groups is 2. The average molecular weight is 357 g/mol. The van der Waals surface area contributed by atoms with Gasteiger partial charge in [-0.2, -0.15) is 0 Å². The normalized spacial score (nSPS) is 13.8. The van der Waals surface area contributed by atoms with E-state index < -0.39 is 5.97 Å². The van der Waals surface area contributed by atoms with Gasteiger partial charge in [0.2, 0.25) is 0 Å². The van der Waals surface area contributed by atoms with Crippen LogP contribution in [0.25, 0.3) is 0 Å². The quantitative estimate of drug-likeness (QED) is 0.855. The average Bonchev–Trinajstić information content (AvgIpc) is 2.93. The lowest BCUT2D eigenvalue weighted by Crippen LogP contribution is -2.41. The van der Waals surface area contributed by atoms with Crippen LogP contribution in [-0.2, 0) is 17.8 Å². The first-order valence-electron chi connectivity index (χ1n) is 8.49. The van der Waals surface area contributed by atoms with Crippen LogP contribution in [0.5, 0.6) is 0 Å². The molecule has 0 atom stereocenters. The Morgan fingerprint density at radius 1 is 1.27 bits per heavy atom. The Morgan fingerprint density at radius 3 is 2.81 bits per heavy atom.